The minimum atomic E-state index is -4.49. The van der Waals surface area contributed by atoms with Gasteiger partial charge in [0.15, 0.2) is 0 Å². The number of alkyl halides is 3. The van der Waals surface area contributed by atoms with E-state index in [1.807, 2.05) is 0 Å². The molecule has 0 radical (unpaired) electrons. The van der Waals surface area contributed by atoms with Crippen molar-refractivity contribution < 1.29 is 42.2 Å². The molecule has 1 aromatic carbocycles. The van der Waals surface area contributed by atoms with E-state index >= 15 is 0 Å². The number of piperidine rings is 1. The summed E-state index contributed by atoms with van der Waals surface area (Å²) in [4.78, 5) is 25.4. The molecule has 12 heteroatoms. The van der Waals surface area contributed by atoms with Crippen molar-refractivity contribution in [3.63, 3.8) is 0 Å². The number of halogens is 3. The average Bonchev–Trinajstić information content (AvgIpc) is 2.66. The van der Waals surface area contributed by atoms with Gasteiger partial charge in [0, 0.05) is 13.0 Å². The van der Waals surface area contributed by atoms with E-state index in [9.17, 15) is 22.8 Å². The van der Waals surface area contributed by atoms with Crippen molar-refractivity contribution in [1.29, 1.82) is 0 Å². The fraction of sp³-hybridized carbons (Fsp3) is 0.444. The van der Waals surface area contributed by atoms with Crippen LogP contribution in [0.25, 0.3) is 0 Å². The Balaban J connectivity index is 1.95. The molecule has 2 atom stereocenters. The predicted octanol–water partition coefficient (Wildman–Crippen LogP) is 1.46. The highest BCUT2D eigenvalue weighted by molar-refractivity contribution is 6.32. The highest BCUT2D eigenvalue weighted by Crippen LogP contribution is 2.29. The van der Waals surface area contributed by atoms with Crippen molar-refractivity contribution in [1.82, 2.24) is 10.2 Å². The predicted molar refractivity (Wildman–Crippen MR) is 99.6 cm³/mol. The van der Waals surface area contributed by atoms with Crippen LogP contribution in [0.1, 0.15) is 24.0 Å². The third kappa shape index (κ3) is 7.36. The van der Waals surface area contributed by atoms with Gasteiger partial charge < -0.3 is 24.3 Å². The molecular weight excluding hydrogens is 408 g/mol. The first-order valence-corrected chi connectivity index (χ1v) is 9.14. The Kier molecular flexibility index (Phi) is 8.27. The second kappa shape index (κ2) is 10.5. The normalized spacial score (nSPS) is 17.8. The number of hydrogen-bond donors (Lipinski definition) is 3. The zero-order valence-electron chi connectivity index (χ0n) is 16.0. The topological polar surface area (TPSA) is 108 Å². The van der Waals surface area contributed by atoms with Crippen LogP contribution in [0.4, 0.5) is 18.0 Å². The molecule has 8 nitrogen and oxygen atoms in total. The number of carbonyl (C=O) groups is 2. The lowest BCUT2D eigenvalue weighted by Gasteiger charge is -2.32. The van der Waals surface area contributed by atoms with E-state index in [-0.39, 0.29) is 18.9 Å². The highest BCUT2D eigenvalue weighted by atomic mass is 19.4. The summed E-state index contributed by atoms with van der Waals surface area (Å²) in [5.41, 5.74) is -0.483. The first-order chi connectivity index (χ1) is 14.1. The number of nitrogens with one attached hydrogen (secondary N) is 1. The number of hydrogen-bond acceptors (Lipinski definition) is 6. The number of nitrogens with zero attached hydrogens (tertiary/aromatic N) is 1. The van der Waals surface area contributed by atoms with Gasteiger partial charge in [0.05, 0.1) is 12.1 Å². The summed E-state index contributed by atoms with van der Waals surface area (Å²) in [7, 11) is -2.22. The molecule has 1 aromatic rings. The van der Waals surface area contributed by atoms with Gasteiger partial charge in [-0.3, -0.25) is 10.1 Å². The zero-order valence-corrected chi connectivity index (χ0v) is 16.0. The highest BCUT2D eigenvalue weighted by Gasteiger charge is 2.30. The number of benzene rings is 1. The van der Waals surface area contributed by atoms with Crippen LogP contribution in [0.3, 0.4) is 0 Å². The molecule has 30 heavy (non-hydrogen) atoms. The van der Waals surface area contributed by atoms with E-state index in [2.05, 4.69) is 11.9 Å². The Morgan fingerprint density at radius 2 is 2.00 bits per heavy atom. The molecule has 0 saturated carbocycles. The quantitative estimate of drug-likeness (QED) is 0.344. The number of rotatable bonds is 7. The van der Waals surface area contributed by atoms with Crippen LogP contribution >= 0.6 is 0 Å². The van der Waals surface area contributed by atoms with Gasteiger partial charge in [0.25, 0.3) is 0 Å². The largest absolute Gasteiger partial charge is 0.635 e. The Bertz CT molecular complexity index is 744. The summed E-state index contributed by atoms with van der Waals surface area (Å²) in [5.74, 6) is -0.282. The maximum absolute atomic E-state index is 12.7. The van der Waals surface area contributed by atoms with Gasteiger partial charge in [-0.2, -0.15) is 13.2 Å². The first-order valence-electron chi connectivity index (χ1n) is 9.14. The zero-order chi connectivity index (χ0) is 22.3. The lowest BCUT2D eigenvalue weighted by molar-refractivity contribution is -0.137. The van der Waals surface area contributed by atoms with Crippen LogP contribution in [0.2, 0.25) is 0 Å². The van der Waals surface area contributed by atoms with E-state index in [1.54, 1.807) is 0 Å². The molecule has 0 bridgehead atoms. The fourth-order valence-electron chi connectivity index (χ4n) is 3.00. The molecule has 0 unspecified atom stereocenters. The molecule has 1 heterocycles. The van der Waals surface area contributed by atoms with Crippen molar-refractivity contribution in [2.75, 3.05) is 13.1 Å². The summed E-state index contributed by atoms with van der Waals surface area (Å²) in [6.45, 7) is 4.11. The van der Waals surface area contributed by atoms with Crippen molar-refractivity contribution in [2.45, 2.75) is 37.8 Å². The molecule has 1 fully saturated rings. The molecule has 0 aromatic heterocycles. The van der Waals surface area contributed by atoms with Crippen LogP contribution < -0.4 is 5.32 Å². The number of ether oxygens (including phenoxy) is 1. The summed E-state index contributed by atoms with van der Waals surface area (Å²) < 4.78 is 48.0. The lowest BCUT2D eigenvalue weighted by atomic mass is 10.1. The molecule has 3 N–H and O–H groups in total. The second-order valence-electron chi connectivity index (χ2n) is 6.65. The van der Waals surface area contributed by atoms with Crippen LogP contribution in [-0.2, 0) is 26.8 Å². The van der Waals surface area contributed by atoms with Gasteiger partial charge in [-0.1, -0.05) is 18.7 Å². The number of alkyl carbamates (subject to hydrolysis) is 1. The van der Waals surface area contributed by atoms with Crippen molar-refractivity contribution >= 4 is 19.3 Å². The Morgan fingerprint density at radius 3 is 2.57 bits per heavy atom. The summed E-state index contributed by atoms with van der Waals surface area (Å²) in [6.07, 6.45) is -5.09. The molecule has 1 aliphatic rings. The Hall–Kier alpha value is -2.57. The van der Waals surface area contributed by atoms with Crippen molar-refractivity contribution in [3.05, 3.63) is 48.0 Å². The summed E-state index contributed by atoms with van der Waals surface area (Å²) in [5, 5.41) is 20.4. The second-order valence-corrected chi connectivity index (χ2v) is 6.65. The minimum Gasteiger partial charge on any atom is -0.444 e. The molecular formula is C18H22BF3N2O6. The van der Waals surface area contributed by atoms with Crippen LogP contribution in [0.5, 0.6) is 0 Å². The van der Waals surface area contributed by atoms with Gasteiger partial charge in [0.1, 0.15) is 12.3 Å². The average molecular weight is 430 g/mol. The maximum atomic E-state index is 12.7. The molecule has 2 rings (SSSR count). The maximum Gasteiger partial charge on any atom is 0.635 e. The standard InChI is InChI=1S/C18H22BF3N2O6/c1-2-16(25)24-9-3-4-14(11-24)29-17(26)23-15(30-19(27)28)10-12-5-7-13(8-6-12)18(20,21)22/h2,5-8,14-15,27-28H,1,3-4,9-11H2,(H,23,26)/t14-,15+/m0/s1. The van der Waals surface area contributed by atoms with Gasteiger partial charge in [-0.05, 0) is 36.6 Å². The Labute approximate surface area is 171 Å². The molecule has 2 amide bonds. The van der Waals surface area contributed by atoms with E-state index in [0.29, 0.717) is 24.9 Å². The number of amides is 2. The number of carbonyl (C=O) groups excluding carboxylic acids is 2. The molecule has 0 spiro atoms. The SMILES string of the molecule is C=CC(=O)N1CCC[C@H](OC(=O)N[C@@H](Cc2ccc(C(F)(F)F)cc2)OB(O)O)C1. The first kappa shape index (κ1) is 23.7. The van der Waals surface area contributed by atoms with Gasteiger partial charge in [-0.25, -0.2) is 4.79 Å². The van der Waals surface area contributed by atoms with Crippen LogP contribution in [-0.4, -0.2) is 59.7 Å². The van der Waals surface area contributed by atoms with Crippen molar-refractivity contribution in [2.24, 2.45) is 0 Å². The molecule has 0 aliphatic carbocycles. The third-order valence-electron chi connectivity index (χ3n) is 4.41. The Morgan fingerprint density at radius 1 is 1.33 bits per heavy atom. The van der Waals surface area contributed by atoms with Gasteiger partial charge >= 0.3 is 19.6 Å². The van der Waals surface area contributed by atoms with Gasteiger partial charge in [0.2, 0.25) is 5.91 Å². The van der Waals surface area contributed by atoms with Gasteiger partial charge in [-0.15, -0.1) is 0 Å². The number of likely N-dealkylation sites (tertiary alicyclic amines) is 1. The fourth-order valence-corrected chi connectivity index (χ4v) is 3.00. The summed E-state index contributed by atoms with van der Waals surface area (Å²) >= 11 is 0. The van der Waals surface area contributed by atoms with Crippen molar-refractivity contribution in [3.8, 4) is 0 Å². The molecule has 1 aliphatic heterocycles. The van der Waals surface area contributed by atoms with E-state index in [4.69, 9.17) is 19.4 Å². The monoisotopic (exact) mass is 430 g/mol. The van der Waals surface area contributed by atoms with Crippen LogP contribution in [0.15, 0.2) is 36.9 Å². The molecule has 1 saturated heterocycles. The van der Waals surface area contributed by atoms with E-state index in [0.717, 1.165) is 12.1 Å². The molecule has 164 valence electrons. The minimum absolute atomic E-state index is 0.142. The van der Waals surface area contributed by atoms with E-state index < -0.39 is 37.5 Å². The lowest BCUT2D eigenvalue weighted by Crippen LogP contribution is -2.47. The van der Waals surface area contributed by atoms with E-state index in [1.165, 1.54) is 23.1 Å². The smallest absolute Gasteiger partial charge is 0.444 e. The third-order valence-corrected chi connectivity index (χ3v) is 4.41. The van der Waals surface area contributed by atoms with Crippen LogP contribution in [0, 0.1) is 0 Å². The summed E-state index contributed by atoms with van der Waals surface area (Å²) in [6, 6.07) is 4.12.